The van der Waals surface area contributed by atoms with Crippen LogP contribution in [0, 0.1) is 0 Å². The van der Waals surface area contributed by atoms with Gasteiger partial charge >= 0.3 is 0 Å². The number of nitrogens with zero attached hydrogens (tertiary/aromatic N) is 1. The fourth-order valence-corrected chi connectivity index (χ4v) is 3.28. The summed E-state index contributed by atoms with van der Waals surface area (Å²) in [6.45, 7) is 0. The third-order valence-corrected chi connectivity index (χ3v) is 4.85. The number of halogens is 3. The lowest BCUT2D eigenvalue weighted by Gasteiger charge is -2.03. The highest BCUT2D eigenvalue weighted by molar-refractivity contribution is 7.14. The molecule has 3 rings (SSSR count). The van der Waals surface area contributed by atoms with E-state index < -0.39 is 0 Å². The van der Waals surface area contributed by atoms with E-state index >= 15 is 0 Å². The standard InChI is InChI=1S/C13H7Cl3N2OS/c14-7-2-1-6(5-9(7)16)10-11(18-19-13(10)17)12-8(15)3-4-20-12/h1-5H,17H2. The van der Waals surface area contributed by atoms with Gasteiger partial charge in [-0.1, -0.05) is 46.0 Å². The van der Waals surface area contributed by atoms with Gasteiger partial charge in [0.1, 0.15) is 5.69 Å². The Kier molecular flexibility index (Phi) is 3.65. The zero-order valence-electron chi connectivity index (χ0n) is 9.86. The van der Waals surface area contributed by atoms with Crippen molar-refractivity contribution in [3.8, 4) is 21.7 Å². The number of benzene rings is 1. The van der Waals surface area contributed by atoms with Crippen molar-refractivity contribution in [2.24, 2.45) is 0 Å². The number of nitrogen functional groups attached to an aromatic ring is 1. The summed E-state index contributed by atoms with van der Waals surface area (Å²) < 4.78 is 5.10. The van der Waals surface area contributed by atoms with Gasteiger partial charge in [-0.15, -0.1) is 11.3 Å². The molecular formula is C13H7Cl3N2OS. The average molecular weight is 346 g/mol. The normalized spacial score (nSPS) is 10.9. The third-order valence-electron chi connectivity index (χ3n) is 2.76. The van der Waals surface area contributed by atoms with Crippen LogP contribution in [0.15, 0.2) is 34.2 Å². The van der Waals surface area contributed by atoms with Crippen molar-refractivity contribution in [2.75, 3.05) is 5.73 Å². The molecule has 3 aromatic rings. The molecule has 0 amide bonds. The number of hydrogen-bond acceptors (Lipinski definition) is 4. The van der Waals surface area contributed by atoms with Crippen molar-refractivity contribution < 1.29 is 4.52 Å². The van der Waals surface area contributed by atoms with Crippen LogP contribution in [0.25, 0.3) is 21.7 Å². The summed E-state index contributed by atoms with van der Waals surface area (Å²) in [5.74, 6) is 0.211. The minimum Gasteiger partial charge on any atom is -0.367 e. The molecule has 0 bridgehead atoms. The molecule has 2 aromatic heterocycles. The van der Waals surface area contributed by atoms with Gasteiger partial charge in [0.15, 0.2) is 0 Å². The summed E-state index contributed by atoms with van der Waals surface area (Å²) in [5, 5.41) is 7.39. The van der Waals surface area contributed by atoms with E-state index in [1.807, 2.05) is 11.4 Å². The Balaban J connectivity index is 2.21. The number of rotatable bonds is 2. The van der Waals surface area contributed by atoms with Crippen molar-refractivity contribution in [3.05, 3.63) is 44.7 Å². The van der Waals surface area contributed by atoms with Gasteiger partial charge in [-0.3, -0.25) is 0 Å². The van der Waals surface area contributed by atoms with Crippen molar-refractivity contribution in [3.63, 3.8) is 0 Å². The minimum absolute atomic E-state index is 0.211. The number of thiophene rings is 1. The summed E-state index contributed by atoms with van der Waals surface area (Å²) >= 11 is 19.6. The van der Waals surface area contributed by atoms with Crippen LogP contribution in [0.2, 0.25) is 15.1 Å². The highest BCUT2D eigenvalue weighted by Gasteiger charge is 2.20. The molecule has 3 nitrogen and oxygen atoms in total. The van der Waals surface area contributed by atoms with E-state index in [4.69, 9.17) is 45.1 Å². The highest BCUT2D eigenvalue weighted by Crippen LogP contribution is 2.42. The van der Waals surface area contributed by atoms with E-state index in [1.54, 1.807) is 18.2 Å². The second kappa shape index (κ2) is 5.30. The first-order chi connectivity index (χ1) is 9.58. The minimum atomic E-state index is 0.211. The second-order valence-electron chi connectivity index (χ2n) is 4.00. The van der Waals surface area contributed by atoms with E-state index in [0.717, 1.165) is 10.4 Å². The molecule has 2 heterocycles. The van der Waals surface area contributed by atoms with E-state index in [2.05, 4.69) is 5.16 Å². The summed E-state index contributed by atoms with van der Waals surface area (Å²) in [4.78, 5) is 0.799. The molecule has 0 fully saturated rings. The molecule has 0 spiro atoms. The monoisotopic (exact) mass is 344 g/mol. The van der Waals surface area contributed by atoms with Gasteiger partial charge in [0.2, 0.25) is 5.88 Å². The first-order valence-electron chi connectivity index (χ1n) is 5.52. The van der Waals surface area contributed by atoms with Crippen LogP contribution in [0.5, 0.6) is 0 Å². The Morgan fingerprint density at radius 1 is 1.05 bits per heavy atom. The molecule has 1 aromatic carbocycles. The summed E-state index contributed by atoms with van der Waals surface area (Å²) in [6.07, 6.45) is 0. The maximum Gasteiger partial charge on any atom is 0.230 e. The van der Waals surface area contributed by atoms with Crippen molar-refractivity contribution >= 4 is 52.0 Å². The fraction of sp³-hybridized carbons (Fsp3) is 0. The zero-order chi connectivity index (χ0) is 14.3. The van der Waals surface area contributed by atoms with Crippen LogP contribution in [-0.2, 0) is 0 Å². The SMILES string of the molecule is Nc1onc(-c2sccc2Cl)c1-c1ccc(Cl)c(Cl)c1. The van der Waals surface area contributed by atoms with Crippen molar-refractivity contribution in [2.45, 2.75) is 0 Å². The molecule has 0 saturated carbocycles. The molecule has 0 aliphatic rings. The van der Waals surface area contributed by atoms with Gasteiger partial charge < -0.3 is 10.3 Å². The predicted octanol–water partition coefficient (Wildman–Crippen LogP) is 5.61. The molecule has 20 heavy (non-hydrogen) atoms. The predicted molar refractivity (Wildman–Crippen MR) is 84.7 cm³/mol. The van der Waals surface area contributed by atoms with Gasteiger partial charge in [0.05, 0.1) is 25.5 Å². The first kappa shape index (κ1) is 13.8. The lowest BCUT2D eigenvalue weighted by atomic mass is 10.0. The quantitative estimate of drug-likeness (QED) is 0.656. The molecule has 0 aliphatic carbocycles. The lowest BCUT2D eigenvalue weighted by molar-refractivity contribution is 0.439. The second-order valence-corrected chi connectivity index (χ2v) is 6.13. The van der Waals surface area contributed by atoms with Crippen LogP contribution in [0.3, 0.4) is 0 Å². The molecule has 0 radical (unpaired) electrons. The Morgan fingerprint density at radius 3 is 2.50 bits per heavy atom. The van der Waals surface area contributed by atoms with E-state index in [0.29, 0.717) is 26.3 Å². The molecular weight excluding hydrogens is 339 g/mol. The highest BCUT2D eigenvalue weighted by atomic mass is 35.5. The van der Waals surface area contributed by atoms with Gasteiger partial charge in [-0.05, 0) is 29.1 Å². The van der Waals surface area contributed by atoms with Gasteiger partial charge in [0, 0.05) is 0 Å². The Morgan fingerprint density at radius 2 is 1.85 bits per heavy atom. The maximum atomic E-state index is 6.14. The average Bonchev–Trinajstić information content (AvgIpc) is 2.99. The summed E-state index contributed by atoms with van der Waals surface area (Å²) in [5.41, 5.74) is 7.91. The topological polar surface area (TPSA) is 52.0 Å². The van der Waals surface area contributed by atoms with E-state index in [-0.39, 0.29) is 5.88 Å². The Hall–Kier alpha value is -1.20. The van der Waals surface area contributed by atoms with E-state index in [9.17, 15) is 0 Å². The lowest BCUT2D eigenvalue weighted by Crippen LogP contribution is -1.87. The van der Waals surface area contributed by atoms with Crippen LogP contribution in [0.4, 0.5) is 5.88 Å². The fourth-order valence-electron chi connectivity index (χ4n) is 1.85. The van der Waals surface area contributed by atoms with Crippen LogP contribution >= 0.6 is 46.1 Å². The first-order valence-corrected chi connectivity index (χ1v) is 7.53. The summed E-state index contributed by atoms with van der Waals surface area (Å²) in [6, 6.07) is 7.02. The largest absolute Gasteiger partial charge is 0.367 e. The molecule has 7 heteroatoms. The maximum absolute atomic E-state index is 6.14. The molecule has 0 unspecified atom stereocenters. The van der Waals surface area contributed by atoms with Gasteiger partial charge in [0.25, 0.3) is 0 Å². The molecule has 2 N–H and O–H groups in total. The molecule has 0 saturated heterocycles. The van der Waals surface area contributed by atoms with Crippen molar-refractivity contribution in [1.29, 1.82) is 0 Å². The Labute approximate surface area is 133 Å². The van der Waals surface area contributed by atoms with Gasteiger partial charge in [-0.25, -0.2) is 0 Å². The zero-order valence-corrected chi connectivity index (χ0v) is 12.9. The van der Waals surface area contributed by atoms with Gasteiger partial charge in [-0.2, -0.15) is 0 Å². The number of hydrogen-bond donors (Lipinski definition) is 1. The third kappa shape index (κ3) is 2.29. The van der Waals surface area contributed by atoms with Crippen LogP contribution < -0.4 is 5.73 Å². The molecule has 0 atom stereocenters. The Bertz CT molecular complexity index is 782. The van der Waals surface area contributed by atoms with Crippen LogP contribution in [-0.4, -0.2) is 5.16 Å². The summed E-state index contributed by atoms with van der Waals surface area (Å²) in [7, 11) is 0. The van der Waals surface area contributed by atoms with Crippen LogP contribution in [0.1, 0.15) is 0 Å². The molecule has 102 valence electrons. The smallest absolute Gasteiger partial charge is 0.230 e. The van der Waals surface area contributed by atoms with E-state index in [1.165, 1.54) is 11.3 Å². The van der Waals surface area contributed by atoms with Crippen molar-refractivity contribution in [1.82, 2.24) is 5.16 Å². The number of nitrogens with two attached hydrogens (primary N) is 1. The molecule has 0 aliphatic heterocycles. The number of anilines is 1. The number of aromatic nitrogens is 1.